The summed E-state index contributed by atoms with van der Waals surface area (Å²) < 4.78 is 11.0. The van der Waals surface area contributed by atoms with Crippen molar-refractivity contribution in [2.45, 2.75) is 19.9 Å². The molecule has 2 aliphatic rings. The monoisotopic (exact) mass is 525 g/mol. The van der Waals surface area contributed by atoms with Crippen molar-refractivity contribution in [1.29, 1.82) is 0 Å². The van der Waals surface area contributed by atoms with Gasteiger partial charge >= 0.3 is 5.97 Å². The standard InChI is InChI=1S/C25H31N7O4S/c1-15-22(23(33)34)37-25(26-15)29-24-27-20(31-9-7-30(2)8-10-31)13-21(28-24)32-6-5-16-11-18(35-3)19(36-4)12-17(16)14-32/h11-13H,5-10,14H2,1-4H3,(H,33,34)(H,26,27,28,29). The Morgan fingerprint density at radius 3 is 2.22 bits per heavy atom. The number of ether oxygens (including phenoxy) is 2. The van der Waals surface area contributed by atoms with E-state index in [-0.39, 0.29) is 4.88 Å². The molecule has 0 saturated carbocycles. The van der Waals surface area contributed by atoms with Gasteiger partial charge in [0.1, 0.15) is 16.5 Å². The number of carboxylic acids is 1. The number of piperazine rings is 1. The summed E-state index contributed by atoms with van der Waals surface area (Å²) in [5.74, 6) is 2.49. The number of anilines is 4. The molecule has 1 aromatic carbocycles. The number of rotatable bonds is 7. The minimum atomic E-state index is -0.991. The highest BCUT2D eigenvalue weighted by atomic mass is 32.1. The van der Waals surface area contributed by atoms with Crippen molar-refractivity contribution in [3.05, 3.63) is 39.9 Å². The number of methoxy groups -OCH3 is 2. The van der Waals surface area contributed by atoms with Gasteiger partial charge in [0.2, 0.25) is 5.95 Å². The minimum Gasteiger partial charge on any atom is -0.493 e. The third-order valence-corrected chi connectivity index (χ3v) is 7.84. The summed E-state index contributed by atoms with van der Waals surface area (Å²) in [7, 11) is 5.42. The van der Waals surface area contributed by atoms with Gasteiger partial charge in [0.25, 0.3) is 0 Å². The second-order valence-corrected chi connectivity index (χ2v) is 10.2. The molecule has 11 nitrogen and oxygen atoms in total. The molecule has 0 unspecified atom stereocenters. The van der Waals surface area contributed by atoms with Gasteiger partial charge in [0.15, 0.2) is 16.6 Å². The Hall–Kier alpha value is -3.64. The number of fused-ring (bicyclic) bond motifs is 1. The molecule has 37 heavy (non-hydrogen) atoms. The lowest BCUT2D eigenvalue weighted by Crippen LogP contribution is -2.45. The van der Waals surface area contributed by atoms with Gasteiger partial charge < -0.3 is 29.3 Å². The molecule has 0 bridgehead atoms. The molecule has 0 atom stereocenters. The summed E-state index contributed by atoms with van der Waals surface area (Å²) in [5, 5.41) is 13.0. The van der Waals surface area contributed by atoms with E-state index in [4.69, 9.17) is 19.4 Å². The Kier molecular flexibility index (Phi) is 7.02. The van der Waals surface area contributed by atoms with Crippen LogP contribution in [0.5, 0.6) is 11.5 Å². The lowest BCUT2D eigenvalue weighted by Gasteiger charge is -2.35. The fourth-order valence-electron chi connectivity index (χ4n) is 4.66. The second kappa shape index (κ2) is 10.4. The van der Waals surface area contributed by atoms with Gasteiger partial charge in [-0.1, -0.05) is 11.3 Å². The molecule has 0 aliphatic carbocycles. The fourth-order valence-corrected chi connectivity index (χ4v) is 5.46. The highest BCUT2D eigenvalue weighted by Gasteiger charge is 2.24. The van der Waals surface area contributed by atoms with Gasteiger partial charge in [0, 0.05) is 45.3 Å². The molecule has 2 aliphatic heterocycles. The molecule has 12 heteroatoms. The summed E-state index contributed by atoms with van der Waals surface area (Å²) in [6.45, 7) is 6.79. The van der Waals surface area contributed by atoms with Crippen molar-refractivity contribution in [2.75, 3.05) is 69.1 Å². The number of carboxylic acid groups (broad SMARTS) is 1. The van der Waals surface area contributed by atoms with Gasteiger partial charge in [0.05, 0.1) is 19.9 Å². The Balaban J connectivity index is 1.47. The Labute approximate surface area is 219 Å². The number of likely N-dealkylation sites (N-methyl/N-ethyl adjacent to an activating group) is 1. The number of nitrogens with one attached hydrogen (secondary N) is 1. The zero-order valence-electron chi connectivity index (χ0n) is 21.4. The van der Waals surface area contributed by atoms with Gasteiger partial charge in [-0.15, -0.1) is 0 Å². The van der Waals surface area contributed by atoms with Crippen LogP contribution in [-0.4, -0.2) is 84.9 Å². The largest absolute Gasteiger partial charge is 0.493 e. The topological polar surface area (TPSA) is 116 Å². The maximum Gasteiger partial charge on any atom is 0.347 e. The van der Waals surface area contributed by atoms with Crippen molar-refractivity contribution < 1.29 is 19.4 Å². The molecular weight excluding hydrogens is 494 g/mol. The van der Waals surface area contributed by atoms with E-state index in [0.29, 0.717) is 29.1 Å². The summed E-state index contributed by atoms with van der Waals surface area (Å²) in [4.78, 5) is 32.5. The van der Waals surface area contributed by atoms with E-state index in [0.717, 1.165) is 67.9 Å². The number of carbonyl (C=O) groups is 1. The van der Waals surface area contributed by atoms with E-state index in [1.54, 1.807) is 21.1 Å². The predicted octanol–water partition coefficient (Wildman–Crippen LogP) is 3.02. The quantitative estimate of drug-likeness (QED) is 0.474. The highest BCUT2D eigenvalue weighted by molar-refractivity contribution is 7.17. The van der Waals surface area contributed by atoms with E-state index in [2.05, 4.69) is 38.1 Å². The molecule has 0 radical (unpaired) electrons. The number of hydrogen-bond acceptors (Lipinski definition) is 11. The number of thiazole rings is 1. The smallest absolute Gasteiger partial charge is 0.347 e. The summed E-state index contributed by atoms with van der Waals surface area (Å²) in [5.41, 5.74) is 2.87. The van der Waals surface area contributed by atoms with Crippen LogP contribution in [0.25, 0.3) is 0 Å². The van der Waals surface area contributed by atoms with Crippen LogP contribution < -0.4 is 24.6 Å². The maximum atomic E-state index is 11.5. The van der Waals surface area contributed by atoms with Crippen LogP contribution in [0.3, 0.4) is 0 Å². The summed E-state index contributed by atoms with van der Waals surface area (Å²) in [6.07, 6.45) is 0.847. The molecule has 0 spiro atoms. The van der Waals surface area contributed by atoms with Crippen molar-refractivity contribution in [1.82, 2.24) is 19.9 Å². The van der Waals surface area contributed by atoms with Crippen molar-refractivity contribution >= 4 is 40.0 Å². The first kappa shape index (κ1) is 25.0. The van der Waals surface area contributed by atoms with Crippen LogP contribution in [0.2, 0.25) is 0 Å². The van der Waals surface area contributed by atoms with Crippen LogP contribution >= 0.6 is 11.3 Å². The SMILES string of the molecule is COc1cc2c(cc1OC)CN(c1cc(N3CCN(C)CC3)nc(Nc3nc(C)c(C(=O)O)s3)n1)CC2. The fraction of sp³-hybridized carbons (Fsp3) is 0.440. The molecule has 5 rings (SSSR count). The zero-order valence-corrected chi connectivity index (χ0v) is 22.3. The number of aryl methyl sites for hydroxylation is 1. The normalized spacial score (nSPS) is 15.9. The van der Waals surface area contributed by atoms with Crippen molar-refractivity contribution in [3.63, 3.8) is 0 Å². The molecule has 3 aromatic rings. The molecular formula is C25H31N7O4S. The summed E-state index contributed by atoms with van der Waals surface area (Å²) in [6, 6.07) is 6.13. The van der Waals surface area contributed by atoms with Crippen LogP contribution in [0, 0.1) is 6.92 Å². The Morgan fingerprint density at radius 1 is 0.946 bits per heavy atom. The summed E-state index contributed by atoms with van der Waals surface area (Å²) >= 11 is 1.08. The minimum absolute atomic E-state index is 0.204. The average molecular weight is 526 g/mol. The molecule has 2 N–H and O–H groups in total. The van der Waals surface area contributed by atoms with Gasteiger partial charge in [-0.25, -0.2) is 9.78 Å². The zero-order chi connectivity index (χ0) is 26.1. The number of benzene rings is 1. The number of nitrogens with zero attached hydrogens (tertiary/aromatic N) is 6. The molecule has 1 saturated heterocycles. The van der Waals surface area contributed by atoms with Crippen LogP contribution in [0.1, 0.15) is 26.5 Å². The van der Waals surface area contributed by atoms with Crippen LogP contribution in [-0.2, 0) is 13.0 Å². The lowest BCUT2D eigenvalue weighted by atomic mass is 9.99. The molecule has 196 valence electrons. The van der Waals surface area contributed by atoms with E-state index in [1.807, 2.05) is 12.1 Å². The van der Waals surface area contributed by atoms with Gasteiger partial charge in [-0.2, -0.15) is 9.97 Å². The van der Waals surface area contributed by atoms with E-state index >= 15 is 0 Å². The lowest BCUT2D eigenvalue weighted by molar-refractivity contribution is 0.0701. The molecule has 1 fully saturated rings. The maximum absolute atomic E-state index is 11.5. The van der Waals surface area contributed by atoms with E-state index < -0.39 is 5.97 Å². The van der Waals surface area contributed by atoms with E-state index in [1.165, 1.54) is 11.1 Å². The second-order valence-electron chi connectivity index (χ2n) is 9.21. The highest BCUT2D eigenvalue weighted by Crippen LogP contribution is 2.35. The van der Waals surface area contributed by atoms with Crippen LogP contribution in [0.4, 0.5) is 22.7 Å². The third-order valence-electron chi connectivity index (χ3n) is 6.78. The van der Waals surface area contributed by atoms with Crippen LogP contribution in [0.15, 0.2) is 18.2 Å². The molecule has 2 aromatic heterocycles. The van der Waals surface area contributed by atoms with E-state index in [9.17, 15) is 9.90 Å². The first-order valence-electron chi connectivity index (χ1n) is 12.1. The Morgan fingerprint density at radius 2 is 1.59 bits per heavy atom. The van der Waals surface area contributed by atoms with Gasteiger partial charge in [-0.05, 0) is 43.7 Å². The van der Waals surface area contributed by atoms with Crippen molar-refractivity contribution in [3.8, 4) is 11.5 Å². The third kappa shape index (κ3) is 5.25. The number of hydrogen-bond donors (Lipinski definition) is 2. The number of aromatic nitrogens is 3. The van der Waals surface area contributed by atoms with Crippen molar-refractivity contribution in [2.24, 2.45) is 0 Å². The first-order chi connectivity index (χ1) is 17.8. The average Bonchev–Trinajstić information content (AvgIpc) is 3.27. The molecule has 0 amide bonds. The first-order valence-corrected chi connectivity index (χ1v) is 12.9. The Bertz CT molecular complexity index is 1310. The van der Waals surface area contributed by atoms with Gasteiger partial charge in [-0.3, -0.25) is 5.32 Å². The molecule has 4 heterocycles. The number of aromatic carboxylic acids is 1. The predicted molar refractivity (Wildman–Crippen MR) is 143 cm³/mol.